The molecule has 0 saturated heterocycles. The molecule has 3 nitrogen and oxygen atoms in total. The van der Waals surface area contributed by atoms with Crippen molar-refractivity contribution >= 4 is 0 Å². The summed E-state index contributed by atoms with van der Waals surface area (Å²) >= 11 is 0. The van der Waals surface area contributed by atoms with Crippen molar-refractivity contribution in [3.8, 4) is 0 Å². The van der Waals surface area contributed by atoms with Gasteiger partial charge < -0.3 is 5.11 Å². The van der Waals surface area contributed by atoms with E-state index in [2.05, 4.69) is 5.10 Å². The molecule has 0 bridgehead atoms. The normalized spacial score (nSPS) is 13.8. The van der Waals surface area contributed by atoms with Gasteiger partial charge in [-0.3, -0.25) is 4.68 Å². The molecule has 1 N–H and O–H groups in total. The quantitative estimate of drug-likeness (QED) is 0.730. The van der Waals surface area contributed by atoms with E-state index in [1.807, 2.05) is 0 Å². The van der Waals surface area contributed by atoms with E-state index in [-0.39, 0.29) is 5.56 Å². The zero-order valence-electron chi connectivity index (χ0n) is 6.83. The number of rotatable bonds is 2. The van der Waals surface area contributed by atoms with Gasteiger partial charge in [-0.2, -0.15) is 5.10 Å². The van der Waals surface area contributed by atoms with E-state index >= 15 is 0 Å². The molecule has 0 aliphatic carbocycles. The van der Waals surface area contributed by atoms with Crippen LogP contribution in [0, 0.1) is 6.92 Å². The average Bonchev–Trinajstić information content (AvgIpc) is 2.32. The molecule has 1 rings (SSSR count). The first-order valence-corrected chi connectivity index (χ1v) is 3.48. The second kappa shape index (κ2) is 3.18. The minimum atomic E-state index is -2.76. The number of aryl methyl sites for hydroxylation is 1. The van der Waals surface area contributed by atoms with Crippen molar-refractivity contribution in [2.24, 2.45) is 7.05 Å². The van der Waals surface area contributed by atoms with Crippen molar-refractivity contribution in [3.63, 3.8) is 0 Å². The summed E-state index contributed by atoms with van der Waals surface area (Å²) in [5.74, 6) is 0. The predicted octanol–water partition coefficient (Wildman–Crippen LogP) is 1.03. The first-order chi connectivity index (χ1) is 5.54. The Hall–Kier alpha value is -0.970. The summed E-state index contributed by atoms with van der Waals surface area (Å²) in [7, 11) is 1.64. The molecule has 1 aromatic heterocycles. The van der Waals surface area contributed by atoms with Crippen LogP contribution >= 0.6 is 0 Å². The van der Waals surface area contributed by atoms with Crippen LogP contribution in [0.15, 0.2) is 6.20 Å². The first-order valence-electron chi connectivity index (χ1n) is 3.48. The van der Waals surface area contributed by atoms with Gasteiger partial charge in [-0.15, -0.1) is 0 Å². The highest BCUT2D eigenvalue weighted by molar-refractivity contribution is 5.19. The first kappa shape index (κ1) is 9.12. The lowest BCUT2D eigenvalue weighted by atomic mass is 10.1. The number of halogens is 2. The minimum absolute atomic E-state index is 0.188. The molecule has 12 heavy (non-hydrogen) atoms. The van der Waals surface area contributed by atoms with Crippen molar-refractivity contribution in [2.45, 2.75) is 19.5 Å². The van der Waals surface area contributed by atoms with E-state index in [1.165, 1.54) is 10.9 Å². The van der Waals surface area contributed by atoms with Gasteiger partial charge in [0.15, 0.2) is 0 Å². The standard InChI is InChI=1S/C7H10F2N2O/c1-4-5(3-10-11(4)2)6(12)7(8)9/h3,6-7,12H,1-2H3. The van der Waals surface area contributed by atoms with Crippen LogP contribution in [0.2, 0.25) is 0 Å². The van der Waals surface area contributed by atoms with Crippen molar-refractivity contribution < 1.29 is 13.9 Å². The third-order valence-corrected chi connectivity index (χ3v) is 1.83. The summed E-state index contributed by atoms with van der Waals surface area (Å²) in [4.78, 5) is 0. The molecule has 1 atom stereocenters. The molecule has 0 aliphatic rings. The summed E-state index contributed by atoms with van der Waals surface area (Å²) in [6.07, 6.45) is -3.22. The maximum atomic E-state index is 12.0. The van der Waals surface area contributed by atoms with Crippen molar-refractivity contribution in [1.82, 2.24) is 9.78 Å². The Bertz CT molecular complexity index is 272. The highest BCUT2D eigenvalue weighted by Crippen LogP contribution is 2.22. The largest absolute Gasteiger partial charge is 0.382 e. The minimum Gasteiger partial charge on any atom is -0.382 e. The van der Waals surface area contributed by atoms with Gasteiger partial charge in [0, 0.05) is 18.3 Å². The Morgan fingerprint density at radius 1 is 1.58 bits per heavy atom. The van der Waals surface area contributed by atoms with Crippen molar-refractivity contribution in [1.29, 1.82) is 0 Å². The van der Waals surface area contributed by atoms with E-state index in [1.54, 1.807) is 14.0 Å². The average molecular weight is 176 g/mol. The van der Waals surface area contributed by atoms with Crippen LogP contribution in [0.25, 0.3) is 0 Å². The van der Waals surface area contributed by atoms with Crippen LogP contribution in [0.4, 0.5) is 8.78 Å². The van der Waals surface area contributed by atoms with Gasteiger partial charge >= 0.3 is 0 Å². The Kier molecular flexibility index (Phi) is 2.42. The Morgan fingerprint density at radius 2 is 2.17 bits per heavy atom. The van der Waals surface area contributed by atoms with Gasteiger partial charge in [0.1, 0.15) is 6.10 Å². The van der Waals surface area contributed by atoms with Crippen LogP contribution in [-0.2, 0) is 7.05 Å². The molecule has 68 valence electrons. The lowest BCUT2D eigenvalue weighted by Crippen LogP contribution is -2.09. The third kappa shape index (κ3) is 1.45. The molecule has 0 amide bonds. The second-order valence-electron chi connectivity index (χ2n) is 2.59. The Morgan fingerprint density at radius 3 is 2.50 bits per heavy atom. The summed E-state index contributed by atoms with van der Waals surface area (Å²) in [5, 5.41) is 12.7. The van der Waals surface area contributed by atoms with Crippen LogP contribution in [-0.4, -0.2) is 21.3 Å². The van der Waals surface area contributed by atoms with Crippen molar-refractivity contribution in [3.05, 3.63) is 17.5 Å². The lowest BCUT2D eigenvalue weighted by Gasteiger charge is -2.07. The van der Waals surface area contributed by atoms with E-state index in [4.69, 9.17) is 5.11 Å². The van der Waals surface area contributed by atoms with Gasteiger partial charge in [0.2, 0.25) is 0 Å². The maximum Gasteiger partial charge on any atom is 0.268 e. The van der Waals surface area contributed by atoms with Crippen molar-refractivity contribution in [2.75, 3.05) is 0 Å². The van der Waals surface area contributed by atoms with Crippen LogP contribution < -0.4 is 0 Å². The number of aliphatic hydroxyl groups excluding tert-OH is 1. The summed E-state index contributed by atoms with van der Waals surface area (Å²) in [6, 6.07) is 0. The molecule has 0 saturated carbocycles. The number of alkyl halides is 2. The molecule has 5 heteroatoms. The maximum absolute atomic E-state index is 12.0. The molecule has 1 heterocycles. The van der Waals surface area contributed by atoms with E-state index < -0.39 is 12.5 Å². The summed E-state index contributed by atoms with van der Waals surface area (Å²) in [6.45, 7) is 1.63. The highest BCUT2D eigenvalue weighted by Gasteiger charge is 2.22. The SMILES string of the molecule is Cc1c(C(O)C(F)F)cnn1C. The molecule has 0 spiro atoms. The van der Waals surface area contributed by atoms with Crippen LogP contribution in [0.3, 0.4) is 0 Å². The number of hydrogen-bond acceptors (Lipinski definition) is 2. The summed E-state index contributed by atoms with van der Waals surface area (Å²) in [5.41, 5.74) is 0.746. The van der Waals surface area contributed by atoms with E-state index in [0.29, 0.717) is 5.69 Å². The second-order valence-corrected chi connectivity index (χ2v) is 2.59. The topological polar surface area (TPSA) is 38.1 Å². The zero-order chi connectivity index (χ0) is 9.30. The zero-order valence-corrected chi connectivity index (χ0v) is 6.83. The van der Waals surface area contributed by atoms with Crippen LogP contribution in [0.5, 0.6) is 0 Å². The fraction of sp³-hybridized carbons (Fsp3) is 0.571. The fourth-order valence-electron chi connectivity index (χ4n) is 0.942. The van der Waals surface area contributed by atoms with Crippen LogP contribution in [0.1, 0.15) is 17.4 Å². The molecule has 1 unspecified atom stereocenters. The number of aliphatic hydroxyl groups is 1. The van der Waals surface area contributed by atoms with Gasteiger partial charge in [-0.25, -0.2) is 8.78 Å². The van der Waals surface area contributed by atoms with Gasteiger partial charge in [0.25, 0.3) is 6.43 Å². The van der Waals surface area contributed by atoms with E-state index in [9.17, 15) is 8.78 Å². The monoisotopic (exact) mass is 176 g/mol. The molecule has 0 fully saturated rings. The molecular formula is C7H10F2N2O. The smallest absolute Gasteiger partial charge is 0.268 e. The Balaban J connectivity index is 2.95. The molecule has 0 aromatic carbocycles. The van der Waals surface area contributed by atoms with Gasteiger partial charge in [-0.05, 0) is 6.92 Å². The highest BCUT2D eigenvalue weighted by atomic mass is 19.3. The molecular weight excluding hydrogens is 166 g/mol. The van der Waals surface area contributed by atoms with E-state index in [0.717, 1.165) is 0 Å². The third-order valence-electron chi connectivity index (χ3n) is 1.83. The summed E-state index contributed by atoms with van der Waals surface area (Å²) < 4.78 is 25.5. The number of aromatic nitrogens is 2. The predicted molar refractivity (Wildman–Crippen MR) is 38.9 cm³/mol. The number of nitrogens with zero attached hydrogens (tertiary/aromatic N) is 2. The molecule has 1 aromatic rings. The number of hydrogen-bond donors (Lipinski definition) is 1. The fourth-order valence-corrected chi connectivity index (χ4v) is 0.942. The van der Waals surface area contributed by atoms with Gasteiger partial charge in [-0.1, -0.05) is 0 Å². The molecule has 0 aliphatic heterocycles. The van der Waals surface area contributed by atoms with Gasteiger partial charge in [0.05, 0.1) is 6.20 Å². The molecule has 0 radical (unpaired) electrons. The lowest BCUT2D eigenvalue weighted by molar-refractivity contribution is -0.00618. The Labute approximate surface area is 68.6 Å².